The second-order valence-electron chi connectivity index (χ2n) is 5.44. The average molecular weight is 276 g/mol. The first-order valence-corrected chi connectivity index (χ1v) is 7.37. The van der Waals surface area contributed by atoms with E-state index < -0.39 is 0 Å². The fraction of sp³-hybridized carbons (Fsp3) is 0.562. The first-order valence-electron chi connectivity index (χ1n) is 7.37. The van der Waals surface area contributed by atoms with E-state index in [4.69, 9.17) is 4.74 Å². The van der Waals surface area contributed by atoms with E-state index in [1.54, 1.807) is 7.11 Å². The number of benzene rings is 1. The molecule has 0 spiro atoms. The van der Waals surface area contributed by atoms with Crippen LogP contribution in [0.15, 0.2) is 18.2 Å². The van der Waals surface area contributed by atoms with Crippen LogP contribution < -0.4 is 15.4 Å². The number of ether oxygens (including phenoxy) is 1. The molecule has 1 aromatic rings. The van der Waals surface area contributed by atoms with Crippen molar-refractivity contribution in [2.75, 3.05) is 19.0 Å². The Labute approximate surface area is 120 Å². The highest BCUT2D eigenvalue weighted by Crippen LogP contribution is 2.25. The molecule has 110 valence electrons. The molecule has 4 nitrogen and oxygen atoms in total. The molecule has 0 saturated carbocycles. The van der Waals surface area contributed by atoms with Crippen LogP contribution in [0.1, 0.15) is 37.7 Å². The summed E-state index contributed by atoms with van der Waals surface area (Å²) in [6.07, 6.45) is 5.16. The SMILES string of the molecule is COc1ccc(C)cc1NC(=O)CCC1CCCCN1. The van der Waals surface area contributed by atoms with Gasteiger partial charge >= 0.3 is 0 Å². The van der Waals surface area contributed by atoms with E-state index >= 15 is 0 Å². The summed E-state index contributed by atoms with van der Waals surface area (Å²) in [6, 6.07) is 6.29. The van der Waals surface area contributed by atoms with E-state index in [2.05, 4.69) is 10.6 Å². The van der Waals surface area contributed by atoms with Crippen molar-refractivity contribution in [1.29, 1.82) is 0 Å². The zero-order chi connectivity index (χ0) is 14.4. The average Bonchev–Trinajstić information content (AvgIpc) is 2.46. The molecule has 0 aliphatic carbocycles. The molecule has 1 heterocycles. The van der Waals surface area contributed by atoms with Crippen molar-refractivity contribution in [2.45, 2.75) is 45.1 Å². The van der Waals surface area contributed by atoms with Crippen molar-refractivity contribution in [3.63, 3.8) is 0 Å². The van der Waals surface area contributed by atoms with Gasteiger partial charge in [-0.1, -0.05) is 12.5 Å². The highest BCUT2D eigenvalue weighted by Gasteiger charge is 2.14. The standard InChI is InChI=1S/C16H24N2O2/c1-12-6-8-15(20-2)14(11-12)18-16(19)9-7-13-5-3-4-10-17-13/h6,8,11,13,17H,3-5,7,9-10H2,1-2H3,(H,18,19). The molecule has 1 unspecified atom stereocenters. The second kappa shape index (κ2) is 7.29. The van der Waals surface area contributed by atoms with Crippen molar-refractivity contribution in [3.8, 4) is 5.75 Å². The summed E-state index contributed by atoms with van der Waals surface area (Å²) in [5, 5.41) is 6.42. The van der Waals surface area contributed by atoms with E-state index in [9.17, 15) is 4.79 Å². The second-order valence-corrected chi connectivity index (χ2v) is 5.44. The molecule has 0 bridgehead atoms. The van der Waals surface area contributed by atoms with Crippen LogP contribution in [0.4, 0.5) is 5.69 Å². The topological polar surface area (TPSA) is 50.4 Å². The molecule has 1 aliphatic heterocycles. The first kappa shape index (κ1) is 14.9. The van der Waals surface area contributed by atoms with Crippen molar-refractivity contribution in [2.24, 2.45) is 0 Å². The smallest absolute Gasteiger partial charge is 0.224 e. The van der Waals surface area contributed by atoms with E-state index in [1.165, 1.54) is 19.3 Å². The van der Waals surface area contributed by atoms with Gasteiger partial charge in [0.1, 0.15) is 5.75 Å². The van der Waals surface area contributed by atoms with Crippen LogP contribution in [-0.2, 0) is 4.79 Å². The fourth-order valence-electron chi connectivity index (χ4n) is 2.61. The van der Waals surface area contributed by atoms with Crippen molar-refractivity contribution >= 4 is 11.6 Å². The minimum atomic E-state index is 0.0567. The van der Waals surface area contributed by atoms with Gasteiger partial charge in [0.2, 0.25) is 5.91 Å². The van der Waals surface area contributed by atoms with Crippen LogP contribution in [0, 0.1) is 6.92 Å². The predicted octanol–water partition coefficient (Wildman–Crippen LogP) is 2.86. The normalized spacial score (nSPS) is 18.6. The number of aryl methyl sites for hydroxylation is 1. The minimum absolute atomic E-state index is 0.0567. The molecular weight excluding hydrogens is 252 g/mol. The maximum Gasteiger partial charge on any atom is 0.224 e. The number of rotatable bonds is 5. The lowest BCUT2D eigenvalue weighted by Crippen LogP contribution is -2.34. The monoisotopic (exact) mass is 276 g/mol. The highest BCUT2D eigenvalue weighted by atomic mass is 16.5. The molecular formula is C16H24N2O2. The number of hydrogen-bond acceptors (Lipinski definition) is 3. The van der Waals surface area contributed by atoms with Gasteiger partial charge in [0, 0.05) is 12.5 Å². The molecule has 1 fully saturated rings. The number of hydrogen-bond donors (Lipinski definition) is 2. The molecule has 0 radical (unpaired) electrons. The van der Waals surface area contributed by atoms with Crippen molar-refractivity contribution < 1.29 is 9.53 Å². The fourth-order valence-corrected chi connectivity index (χ4v) is 2.61. The van der Waals surface area contributed by atoms with Crippen LogP contribution in [0.3, 0.4) is 0 Å². The number of anilines is 1. The lowest BCUT2D eigenvalue weighted by Gasteiger charge is -2.23. The molecule has 4 heteroatoms. The summed E-state index contributed by atoms with van der Waals surface area (Å²) in [4.78, 5) is 12.0. The molecule has 20 heavy (non-hydrogen) atoms. The van der Waals surface area contributed by atoms with E-state index in [1.807, 2.05) is 25.1 Å². The Hall–Kier alpha value is -1.55. The predicted molar refractivity (Wildman–Crippen MR) is 81.2 cm³/mol. The molecule has 2 rings (SSSR count). The third-order valence-electron chi connectivity index (χ3n) is 3.76. The molecule has 1 atom stereocenters. The summed E-state index contributed by atoms with van der Waals surface area (Å²) in [7, 11) is 1.62. The van der Waals surface area contributed by atoms with E-state index in [-0.39, 0.29) is 5.91 Å². The number of carbonyl (C=O) groups is 1. The molecule has 1 aliphatic rings. The van der Waals surface area contributed by atoms with Gasteiger partial charge in [-0.2, -0.15) is 0 Å². The number of amides is 1. The molecule has 2 N–H and O–H groups in total. The molecule has 1 aromatic carbocycles. The highest BCUT2D eigenvalue weighted by molar-refractivity contribution is 5.92. The maximum absolute atomic E-state index is 12.0. The van der Waals surface area contributed by atoms with Crippen LogP contribution >= 0.6 is 0 Å². The van der Waals surface area contributed by atoms with Gasteiger partial charge < -0.3 is 15.4 Å². The summed E-state index contributed by atoms with van der Waals surface area (Å²) in [5.41, 5.74) is 1.86. The Balaban J connectivity index is 1.86. The lowest BCUT2D eigenvalue weighted by molar-refractivity contribution is -0.116. The number of carbonyl (C=O) groups excluding carboxylic acids is 1. The Kier molecular flexibility index (Phi) is 5.41. The van der Waals surface area contributed by atoms with Crippen LogP contribution in [-0.4, -0.2) is 25.6 Å². The lowest BCUT2D eigenvalue weighted by atomic mass is 10.0. The number of nitrogens with one attached hydrogen (secondary N) is 2. The quantitative estimate of drug-likeness (QED) is 0.869. The zero-order valence-electron chi connectivity index (χ0n) is 12.4. The maximum atomic E-state index is 12.0. The van der Waals surface area contributed by atoms with Crippen LogP contribution in [0.2, 0.25) is 0 Å². The van der Waals surface area contributed by atoms with Crippen LogP contribution in [0.25, 0.3) is 0 Å². The summed E-state index contributed by atoms with van der Waals surface area (Å²) in [5.74, 6) is 0.765. The number of methoxy groups -OCH3 is 1. The van der Waals surface area contributed by atoms with E-state index in [0.29, 0.717) is 18.2 Å². The Morgan fingerprint density at radius 2 is 2.30 bits per heavy atom. The third kappa shape index (κ3) is 4.23. The van der Waals surface area contributed by atoms with Gasteiger partial charge in [0.05, 0.1) is 12.8 Å². The Morgan fingerprint density at radius 3 is 3.00 bits per heavy atom. The largest absolute Gasteiger partial charge is 0.495 e. The van der Waals surface area contributed by atoms with Crippen molar-refractivity contribution in [3.05, 3.63) is 23.8 Å². The minimum Gasteiger partial charge on any atom is -0.495 e. The van der Waals surface area contributed by atoms with Gasteiger partial charge in [-0.25, -0.2) is 0 Å². The zero-order valence-corrected chi connectivity index (χ0v) is 12.4. The molecule has 0 aromatic heterocycles. The molecule has 1 amide bonds. The van der Waals surface area contributed by atoms with Gasteiger partial charge in [-0.15, -0.1) is 0 Å². The van der Waals surface area contributed by atoms with E-state index in [0.717, 1.165) is 24.2 Å². The summed E-state index contributed by atoms with van der Waals surface area (Å²) in [6.45, 7) is 3.08. The van der Waals surface area contributed by atoms with Gasteiger partial charge in [-0.3, -0.25) is 4.79 Å². The van der Waals surface area contributed by atoms with Gasteiger partial charge in [-0.05, 0) is 50.4 Å². The first-order chi connectivity index (χ1) is 9.69. The van der Waals surface area contributed by atoms with Gasteiger partial charge in [0.15, 0.2) is 0 Å². The Morgan fingerprint density at radius 1 is 1.45 bits per heavy atom. The number of piperidine rings is 1. The Bertz CT molecular complexity index is 454. The summed E-state index contributed by atoms with van der Waals surface area (Å²) < 4.78 is 5.27. The van der Waals surface area contributed by atoms with Gasteiger partial charge in [0.25, 0.3) is 0 Å². The van der Waals surface area contributed by atoms with Crippen molar-refractivity contribution in [1.82, 2.24) is 5.32 Å². The summed E-state index contributed by atoms with van der Waals surface area (Å²) >= 11 is 0. The molecule has 1 saturated heterocycles. The van der Waals surface area contributed by atoms with Crippen LogP contribution in [0.5, 0.6) is 5.75 Å². The third-order valence-corrected chi connectivity index (χ3v) is 3.76.